The van der Waals surface area contributed by atoms with Crippen LogP contribution in [0.2, 0.25) is 5.02 Å². The molecule has 0 saturated carbocycles. The van der Waals surface area contributed by atoms with Crippen molar-refractivity contribution in [2.24, 2.45) is 7.05 Å². The van der Waals surface area contributed by atoms with Crippen molar-refractivity contribution in [1.82, 2.24) is 4.57 Å². The Hall–Kier alpha value is -2.43. The van der Waals surface area contributed by atoms with Gasteiger partial charge in [-0.25, -0.2) is 0 Å². The van der Waals surface area contributed by atoms with E-state index in [9.17, 15) is 9.59 Å². The average molecular weight is 414 g/mol. The smallest absolute Gasteiger partial charge is 0.258 e. The monoisotopic (exact) mass is 413 g/mol. The second-order valence-corrected chi connectivity index (χ2v) is 7.58. The molecule has 3 aromatic rings. The Morgan fingerprint density at radius 2 is 1.79 bits per heavy atom. The minimum absolute atomic E-state index is 0.0719. The summed E-state index contributed by atoms with van der Waals surface area (Å²) in [6.45, 7) is 6.02. The first-order valence-electron chi connectivity index (χ1n) is 9.68. The van der Waals surface area contributed by atoms with Crippen molar-refractivity contribution in [1.29, 1.82) is 0 Å². The molecule has 0 spiro atoms. The van der Waals surface area contributed by atoms with Crippen molar-refractivity contribution in [3.8, 4) is 11.1 Å². The lowest BCUT2D eigenvalue weighted by atomic mass is 9.88. The van der Waals surface area contributed by atoms with Crippen LogP contribution in [-0.4, -0.2) is 23.1 Å². The standard InChI is InChI=1S/C23H24ClNO2.CH4O/c1-5-6-17(13-26)22-21(16-8-10-20(24)15(3)12-16)19-11-14(2)7-9-18(19)23(27)25(22)4;1-2/h7-13,17H,5-6H2,1-4H3;2H,1H3. The lowest BCUT2D eigenvalue weighted by Crippen LogP contribution is -2.24. The Morgan fingerprint density at radius 1 is 1.10 bits per heavy atom. The van der Waals surface area contributed by atoms with Gasteiger partial charge < -0.3 is 14.5 Å². The van der Waals surface area contributed by atoms with Gasteiger partial charge in [-0.2, -0.15) is 0 Å². The number of pyridine rings is 1. The van der Waals surface area contributed by atoms with Crippen LogP contribution in [0.4, 0.5) is 0 Å². The molecule has 4 nitrogen and oxygen atoms in total. The van der Waals surface area contributed by atoms with Gasteiger partial charge in [-0.3, -0.25) is 4.79 Å². The number of halogens is 1. The fourth-order valence-electron chi connectivity index (χ4n) is 3.77. The second kappa shape index (κ2) is 9.86. The van der Waals surface area contributed by atoms with Gasteiger partial charge in [0.1, 0.15) is 6.29 Å². The topological polar surface area (TPSA) is 59.3 Å². The van der Waals surface area contributed by atoms with Gasteiger partial charge in [0.05, 0.1) is 5.92 Å². The van der Waals surface area contributed by atoms with Crippen LogP contribution >= 0.6 is 11.6 Å². The number of carbonyl (C=O) groups is 1. The van der Waals surface area contributed by atoms with Gasteiger partial charge in [0.2, 0.25) is 0 Å². The first-order chi connectivity index (χ1) is 13.9. The highest BCUT2D eigenvalue weighted by Crippen LogP contribution is 2.37. The zero-order valence-corrected chi connectivity index (χ0v) is 18.4. The normalized spacial score (nSPS) is 11.7. The maximum absolute atomic E-state index is 13.0. The molecule has 29 heavy (non-hydrogen) atoms. The van der Waals surface area contributed by atoms with Crippen LogP contribution in [0.25, 0.3) is 21.9 Å². The molecule has 5 heteroatoms. The molecule has 1 unspecified atom stereocenters. The van der Waals surface area contributed by atoms with E-state index in [4.69, 9.17) is 16.7 Å². The summed E-state index contributed by atoms with van der Waals surface area (Å²) in [4.78, 5) is 24.9. The van der Waals surface area contributed by atoms with E-state index in [1.54, 1.807) is 11.6 Å². The van der Waals surface area contributed by atoms with E-state index in [0.717, 1.165) is 53.2 Å². The van der Waals surface area contributed by atoms with Crippen LogP contribution in [0.5, 0.6) is 0 Å². The maximum Gasteiger partial charge on any atom is 0.258 e. The summed E-state index contributed by atoms with van der Waals surface area (Å²) >= 11 is 6.24. The zero-order valence-electron chi connectivity index (χ0n) is 17.6. The minimum Gasteiger partial charge on any atom is -0.400 e. The van der Waals surface area contributed by atoms with Gasteiger partial charge in [0, 0.05) is 35.8 Å². The molecule has 0 aliphatic carbocycles. The Kier molecular flexibility index (Phi) is 7.77. The summed E-state index contributed by atoms with van der Waals surface area (Å²) in [6.07, 6.45) is 2.53. The molecule has 0 bridgehead atoms. The number of aldehydes is 1. The molecule has 0 radical (unpaired) electrons. The quantitative estimate of drug-likeness (QED) is 0.587. The average Bonchev–Trinajstić information content (AvgIpc) is 2.72. The van der Waals surface area contributed by atoms with Crippen LogP contribution in [0.3, 0.4) is 0 Å². The van der Waals surface area contributed by atoms with Crippen LogP contribution in [0, 0.1) is 13.8 Å². The Morgan fingerprint density at radius 3 is 2.38 bits per heavy atom. The van der Waals surface area contributed by atoms with Crippen LogP contribution in [0.1, 0.15) is 42.5 Å². The van der Waals surface area contributed by atoms with Crippen molar-refractivity contribution in [2.45, 2.75) is 39.5 Å². The Labute approximate surface area is 176 Å². The predicted molar refractivity (Wildman–Crippen MR) is 121 cm³/mol. The minimum atomic E-state index is -0.330. The van der Waals surface area contributed by atoms with E-state index in [1.807, 2.05) is 57.2 Å². The van der Waals surface area contributed by atoms with E-state index >= 15 is 0 Å². The number of hydrogen-bond donors (Lipinski definition) is 1. The number of benzene rings is 2. The van der Waals surface area contributed by atoms with Gasteiger partial charge in [-0.1, -0.05) is 48.7 Å². The van der Waals surface area contributed by atoms with Gasteiger partial charge in [0.15, 0.2) is 0 Å². The predicted octanol–water partition coefficient (Wildman–Crippen LogP) is 5.17. The molecule has 0 aliphatic heterocycles. The lowest BCUT2D eigenvalue weighted by Gasteiger charge is -2.22. The first kappa shape index (κ1) is 22.9. The van der Waals surface area contributed by atoms with Crippen molar-refractivity contribution < 1.29 is 9.90 Å². The molecule has 0 saturated heterocycles. The van der Waals surface area contributed by atoms with E-state index in [-0.39, 0.29) is 11.5 Å². The molecule has 1 atom stereocenters. The number of aryl methyl sites for hydroxylation is 2. The molecule has 1 aromatic heterocycles. The van der Waals surface area contributed by atoms with Gasteiger partial charge >= 0.3 is 0 Å². The largest absolute Gasteiger partial charge is 0.400 e. The van der Waals surface area contributed by atoms with Gasteiger partial charge in [-0.15, -0.1) is 0 Å². The molecule has 2 aromatic carbocycles. The van der Waals surface area contributed by atoms with Gasteiger partial charge in [0.25, 0.3) is 5.56 Å². The van der Waals surface area contributed by atoms with Crippen molar-refractivity contribution in [3.05, 3.63) is 68.6 Å². The molecule has 1 N–H and O–H groups in total. The molecule has 154 valence electrons. The van der Waals surface area contributed by atoms with E-state index in [1.165, 1.54) is 0 Å². The molecule has 1 heterocycles. The second-order valence-electron chi connectivity index (χ2n) is 7.17. The SMILES string of the molecule is CCCC(C=O)c1c(-c2ccc(Cl)c(C)c2)c2cc(C)ccc2c(=O)n1C.CO. The number of aliphatic hydroxyl groups is 1. The third-order valence-corrected chi connectivity index (χ3v) is 5.58. The highest BCUT2D eigenvalue weighted by molar-refractivity contribution is 6.31. The zero-order chi connectivity index (χ0) is 21.7. The maximum atomic E-state index is 13.0. The highest BCUT2D eigenvalue weighted by Gasteiger charge is 2.23. The molecule has 0 aliphatic rings. The van der Waals surface area contributed by atoms with Gasteiger partial charge in [-0.05, 0) is 55.0 Å². The summed E-state index contributed by atoms with van der Waals surface area (Å²) in [5.41, 5.74) is 4.66. The van der Waals surface area contributed by atoms with E-state index in [0.29, 0.717) is 16.8 Å². The molecular weight excluding hydrogens is 386 g/mol. The third kappa shape index (κ3) is 4.44. The first-order valence-corrected chi connectivity index (χ1v) is 10.1. The third-order valence-electron chi connectivity index (χ3n) is 5.16. The molecule has 3 rings (SSSR count). The lowest BCUT2D eigenvalue weighted by molar-refractivity contribution is -0.109. The van der Waals surface area contributed by atoms with Crippen molar-refractivity contribution in [2.75, 3.05) is 7.11 Å². The molecular formula is C24H28ClNO3. The van der Waals surface area contributed by atoms with Crippen LogP contribution < -0.4 is 5.56 Å². The fourth-order valence-corrected chi connectivity index (χ4v) is 3.88. The van der Waals surface area contributed by atoms with Crippen molar-refractivity contribution in [3.63, 3.8) is 0 Å². The summed E-state index contributed by atoms with van der Waals surface area (Å²) in [5.74, 6) is -0.330. The van der Waals surface area contributed by atoms with Crippen LogP contribution in [-0.2, 0) is 11.8 Å². The summed E-state index contributed by atoms with van der Waals surface area (Å²) in [6, 6.07) is 11.7. The van der Waals surface area contributed by atoms with E-state index in [2.05, 4.69) is 0 Å². The molecule has 0 fully saturated rings. The number of carbonyl (C=O) groups excluding carboxylic acids is 1. The molecule has 0 amide bonds. The number of fused-ring (bicyclic) bond motifs is 1. The van der Waals surface area contributed by atoms with Crippen LogP contribution in [0.15, 0.2) is 41.2 Å². The van der Waals surface area contributed by atoms with Crippen molar-refractivity contribution >= 4 is 28.7 Å². The Bertz CT molecular complexity index is 1090. The number of aliphatic hydroxyl groups excluding tert-OH is 1. The number of rotatable bonds is 5. The fraction of sp³-hybridized carbons (Fsp3) is 0.333. The summed E-state index contributed by atoms with van der Waals surface area (Å²) in [5, 5.41) is 9.25. The number of aromatic nitrogens is 1. The number of nitrogens with zero attached hydrogens (tertiary/aromatic N) is 1. The van der Waals surface area contributed by atoms with E-state index < -0.39 is 0 Å². The highest BCUT2D eigenvalue weighted by atomic mass is 35.5. The summed E-state index contributed by atoms with van der Waals surface area (Å²) in [7, 11) is 2.76. The summed E-state index contributed by atoms with van der Waals surface area (Å²) < 4.78 is 1.64. The Balaban J connectivity index is 0.00000145. The number of hydrogen-bond acceptors (Lipinski definition) is 3.